The molecule has 4 aromatic carbocycles. The second-order valence-electron chi connectivity index (χ2n) is 9.80. The Balaban J connectivity index is 1.59. The van der Waals surface area contributed by atoms with E-state index >= 15 is 0 Å². The van der Waals surface area contributed by atoms with Crippen LogP contribution in [-0.2, 0) is 19.3 Å². The number of carboxylic acids is 2. The first-order valence-corrected chi connectivity index (χ1v) is 12.9. The number of aromatic carboxylic acids is 2. The number of para-hydroxylation sites is 1. The highest BCUT2D eigenvalue weighted by Crippen LogP contribution is 2.37. The van der Waals surface area contributed by atoms with Crippen LogP contribution in [0.2, 0.25) is 0 Å². The molecule has 4 aromatic rings. The lowest BCUT2D eigenvalue weighted by atomic mass is 10.1. The zero-order valence-electron chi connectivity index (χ0n) is 22.9. The zero-order chi connectivity index (χ0) is 30.4. The Kier molecular flexibility index (Phi) is 9.02. The molecule has 0 radical (unpaired) electrons. The van der Waals surface area contributed by atoms with E-state index in [0.717, 1.165) is 28.9 Å². The summed E-state index contributed by atoms with van der Waals surface area (Å²) < 4.78 is 40.7. The number of carbonyl (C=O) groups is 2. The summed E-state index contributed by atoms with van der Waals surface area (Å²) in [4.78, 5) is 25.8. The van der Waals surface area contributed by atoms with Crippen molar-refractivity contribution in [2.24, 2.45) is 0 Å². The Morgan fingerprint density at radius 1 is 0.714 bits per heavy atom. The molecule has 4 rings (SSSR count). The fraction of sp³-hybridized carbons (Fsp3) is 0.161. The molecule has 0 spiro atoms. The van der Waals surface area contributed by atoms with Crippen LogP contribution < -0.4 is 20.9 Å². The van der Waals surface area contributed by atoms with Crippen LogP contribution >= 0.6 is 0 Å². The molecule has 0 saturated heterocycles. The van der Waals surface area contributed by atoms with Crippen LogP contribution in [0.25, 0.3) is 0 Å². The molecule has 218 valence electrons. The highest BCUT2D eigenvalue weighted by atomic mass is 19.4. The van der Waals surface area contributed by atoms with Gasteiger partial charge in [-0.1, -0.05) is 30.3 Å². The number of nitrogens with zero attached hydrogens (tertiary/aromatic N) is 1. The van der Waals surface area contributed by atoms with Crippen LogP contribution in [0, 0.1) is 0 Å². The summed E-state index contributed by atoms with van der Waals surface area (Å²) >= 11 is 0. The summed E-state index contributed by atoms with van der Waals surface area (Å²) in [7, 11) is 3.92. The van der Waals surface area contributed by atoms with E-state index in [1.165, 1.54) is 36.4 Å². The maximum atomic E-state index is 13.6. The third-order valence-electron chi connectivity index (χ3n) is 6.57. The third kappa shape index (κ3) is 7.38. The van der Waals surface area contributed by atoms with E-state index < -0.39 is 23.7 Å². The van der Waals surface area contributed by atoms with Crippen molar-refractivity contribution in [2.45, 2.75) is 19.3 Å². The van der Waals surface area contributed by atoms with E-state index in [1.54, 1.807) is 12.1 Å². The van der Waals surface area contributed by atoms with E-state index in [4.69, 9.17) is 0 Å². The zero-order valence-corrected chi connectivity index (χ0v) is 22.9. The summed E-state index contributed by atoms with van der Waals surface area (Å²) in [5.41, 5.74) is 2.05. The quantitative estimate of drug-likeness (QED) is 0.150. The molecule has 0 unspecified atom stereocenters. The molecule has 0 saturated carbocycles. The molecule has 0 amide bonds. The Hall–Kier alpha value is -5.03. The van der Waals surface area contributed by atoms with Crippen molar-refractivity contribution in [3.8, 4) is 0 Å². The van der Waals surface area contributed by atoms with Crippen LogP contribution in [0.5, 0.6) is 0 Å². The summed E-state index contributed by atoms with van der Waals surface area (Å²) in [5.74, 6) is -2.47. The summed E-state index contributed by atoms with van der Waals surface area (Å²) in [6, 6.07) is 21.6. The molecular formula is C31H30F3N4O4+. The van der Waals surface area contributed by atoms with Gasteiger partial charge in [0, 0.05) is 30.9 Å². The van der Waals surface area contributed by atoms with Gasteiger partial charge in [-0.2, -0.15) is 13.2 Å². The lowest BCUT2D eigenvalue weighted by molar-refractivity contribution is -0.686. The SMILES string of the molecule is CN(C)c1ccc(C[NH2+]Cc2ccc(Nc3cc(C(F)(F)F)ccc3Nc3ccccc3C(=O)O)c(C(=O)O)c2)cc1. The number of carboxylic acid groups (broad SMARTS) is 2. The van der Waals surface area contributed by atoms with Crippen molar-refractivity contribution in [2.75, 3.05) is 29.6 Å². The molecule has 0 atom stereocenters. The van der Waals surface area contributed by atoms with Crippen molar-refractivity contribution in [3.05, 3.63) is 113 Å². The smallest absolute Gasteiger partial charge is 0.416 e. The van der Waals surface area contributed by atoms with Gasteiger partial charge in [0.2, 0.25) is 0 Å². The summed E-state index contributed by atoms with van der Waals surface area (Å²) in [6.07, 6.45) is -4.66. The van der Waals surface area contributed by atoms with Crippen molar-refractivity contribution in [1.82, 2.24) is 0 Å². The Labute approximate surface area is 240 Å². The van der Waals surface area contributed by atoms with E-state index in [-0.39, 0.29) is 33.9 Å². The lowest BCUT2D eigenvalue weighted by Crippen LogP contribution is -2.80. The molecule has 42 heavy (non-hydrogen) atoms. The normalized spacial score (nSPS) is 11.2. The summed E-state index contributed by atoms with van der Waals surface area (Å²) in [6.45, 7) is 1.16. The number of anilines is 5. The van der Waals surface area contributed by atoms with E-state index in [2.05, 4.69) is 10.6 Å². The number of nitrogens with two attached hydrogens (primary N) is 1. The molecule has 0 aliphatic carbocycles. The van der Waals surface area contributed by atoms with E-state index in [9.17, 15) is 33.0 Å². The average Bonchev–Trinajstić information content (AvgIpc) is 2.94. The first-order chi connectivity index (χ1) is 19.9. The fourth-order valence-corrected chi connectivity index (χ4v) is 4.34. The number of nitrogens with one attached hydrogen (secondary N) is 2. The molecule has 0 aromatic heterocycles. The number of hydrogen-bond donors (Lipinski definition) is 5. The number of rotatable bonds is 11. The van der Waals surface area contributed by atoms with Crippen LogP contribution in [0.4, 0.5) is 41.6 Å². The monoisotopic (exact) mass is 579 g/mol. The lowest BCUT2D eigenvalue weighted by Gasteiger charge is -2.19. The number of quaternary nitrogens is 1. The van der Waals surface area contributed by atoms with Gasteiger partial charge in [0.1, 0.15) is 13.1 Å². The van der Waals surface area contributed by atoms with Crippen LogP contribution in [0.1, 0.15) is 37.4 Å². The number of benzene rings is 4. The molecule has 11 heteroatoms. The minimum absolute atomic E-state index is 0.0759. The number of halogens is 3. The first-order valence-electron chi connectivity index (χ1n) is 12.9. The maximum Gasteiger partial charge on any atom is 0.416 e. The van der Waals surface area contributed by atoms with Gasteiger partial charge in [-0.3, -0.25) is 0 Å². The number of alkyl halides is 3. The largest absolute Gasteiger partial charge is 0.478 e. The molecular weight excluding hydrogens is 549 g/mol. The highest BCUT2D eigenvalue weighted by molar-refractivity contribution is 5.98. The van der Waals surface area contributed by atoms with Gasteiger partial charge < -0.3 is 31.1 Å². The molecule has 0 aliphatic heterocycles. The topological polar surface area (TPSA) is 119 Å². The predicted octanol–water partition coefficient (Wildman–Crippen LogP) is 5.92. The average molecular weight is 580 g/mol. The Morgan fingerprint density at radius 2 is 1.29 bits per heavy atom. The molecule has 0 fully saturated rings. The molecule has 0 bridgehead atoms. The standard InChI is InChI=1S/C31H29F3N4O4/c1-38(2)22-11-7-19(8-12-22)17-35-18-20-9-13-26(24(15-20)30(41)42)37-28-16-21(31(32,33)34)10-14-27(28)36-25-6-4-3-5-23(25)29(39)40/h3-16,35-37H,17-18H2,1-2H3,(H,39,40)(H,41,42)/p+1. The van der Waals surface area contributed by atoms with Gasteiger partial charge in [0.15, 0.2) is 0 Å². The molecule has 6 N–H and O–H groups in total. The fourth-order valence-electron chi connectivity index (χ4n) is 4.34. The van der Waals surface area contributed by atoms with E-state index in [0.29, 0.717) is 13.1 Å². The van der Waals surface area contributed by atoms with Crippen molar-refractivity contribution >= 4 is 40.4 Å². The van der Waals surface area contributed by atoms with Crippen molar-refractivity contribution in [3.63, 3.8) is 0 Å². The van der Waals surface area contributed by atoms with Gasteiger partial charge in [-0.15, -0.1) is 0 Å². The molecule has 8 nitrogen and oxygen atoms in total. The van der Waals surface area contributed by atoms with Gasteiger partial charge >= 0.3 is 18.1 Å². The van der Waals surface area contributed by atoms with Gasteiger partial charge in [-0.25, -0.2) is 9.59 Å². The minimum atomic E-state index is -4.66. The third-order valence-corrected chi connectivity index (χ3v) is 6.57. The second kappa shape index (κ2) is 12.6. The molecule has 0 aliphatic rings. The first kappa shape index (κ1) is 29.9. The van der Waals surface area contributed by atoms with Crippen LogP contribution in [0.15, 0.2) is 84.9 Å². The Morgan fingerprint density at radius 3 is 1.93 bits per heavy atom. The van der Waals surface area contributed by atoms with Crippen molar-refractivity contribution < 1.29 is 38.3 Å². The summed E-state index contributed by atoms with van der Waals surface area (Å²) in [5, 5.41) is 27.1. The number of hydrogen-bond acceptors (Lipinski definition) is 5. The minimum Gasteiger partial charge on any atom is -0.478 e. The van der Waals surface area contributed by atoms with Crippen LogP contribution in [-0.4, -0.2) is 36.2 Å². The molecule has 0 heterocycles. The van der Waals surface area contributed by atoms with E-state index in [1.807, 2.05) is 48.6 Å². The van der Waals surface area contributed by atoms with Crippen molar-refractivity contribution in [1.29, 1.82) is 0 Å². The predicted molar refractivity (Wildman–Crippen MR) is 155 cm³/mol. The van der Waals surface area contributed by atoms with Crippen LogP contribution in [0.3, 0.4) is 0 Å². The van der Waals surface area contributed by atoms with Gasteiger partial charge in [-0.05, 0) is 54.6 Å². The Bertz CT molecular complexity index is 1590. The van der Waals surface area contributed by atoms with Gasteiger partial charge in [0.05, 0.1) is 39.4 Å². The highest BCUT2D eigenvalue weighted by Gasteiger charge is 2.31. The second-order valence-corrected chi connectivity index (χ2v) is 9.80. The maximum absolute atomic E-state index is 13.6. The van der Waals surface area contributed by atoms with Gasteiger partial charge in [0.25, 0.3) is 0 Å².